The van der Waals surface area contributed by atoms with Crippen LogP contribution in [0.3, 0.4) is 0 Å². The van der Waals surface area contributed by atoms with E-state index in [-0.39, 0.29) is 0 Å². The Bertz CT molecular complexity index is 675. The molecular formula is C17H22N2O2. The molecule has 3 rings (SSSR count). The maximum absolute atomic E-state index is 11.2. The first-order valence-electron chi connectivity index (χ1n) is 7.84. The summed E-state index contributed by atoms with van der Waals surface area (Å²) in [4.78, 5) is 16.0. The van der Waals surface area contributed by atoms with Crippen molar-refractivity contribution >= 4 is 17.0 Å². The molecule has 0 spiro atoms. The third-order valence-corrected chi connectivity index (χ3v) is 4.52. The molecule has 112 valence electrons. The van der Waals surface area contributed by atoms with Gasteiger partial charge < -0.3 is 9.67 Å². The maximum Gasteiger partial charge on any atom is 0.335 e. The molecule has 0 aliphatic heterocycles. The molecule has 4 nitrogen and oxygen atoms in total. The number of nitrogens with zero attached hydrogens (tertiary/aromatic N) is 2. The van der Waals surface area contributed by atoms with Gasteiger partial charge in [-0.2, -0.15) is 0 Å². The van der Waals surface area contributed by atoms with Gasteiger partial charge in [0.25, 0.3) is 0 Å². The van der Waals surface area contributed by atoms with Gasteiger partial charge in [0.05, 0.1) is 16.6 Å². The number of carbonyl (C=O) groups is 1. The lowest BCUT2D eigenvalue weighted by Gasteiger charge is -2.17. The minimum Gasteiger partial charge on any atom is -0.478 e. The van der Waals surface area contributed by atoms with Crippen LogP contribution in [0.1, 0.15) is 61.8 Å². The van der Waals surface area contributed by atoms with Gasteiger partial charge in [0.15, 0.2) is 0 Å². The molecule has 2 unspecified atom stereocenters. The van der Waals surface area contributed by atoms with Gasteiger partial charge in [-0.3, -0.25) is 0 Å². The number of hydrogen-bond acceptors (Lipinski definition) is 2. The van der Waals surface area contributed by atoms with Gasteiger partial charge in [-0.25, -0.2) is 9.78 Å². The molecule has 0 radical (unpaired) electrons. The van der Waals surface area contributed by atoms with E-state index in [4.69, 9.17) is 4.98 Å². The first-order valence-corrected chi connectivity index (χ1v) is 7.84. The van der Waals surface area contributed by atoms with Crippen molar-refractivity contribution in [2.24, 2.45) is 5.92 Å². The van der Waals surface area contributed by atoms with Crippen LogP contribution in [0.15, 0.2) is 18.2 Å². The van der Waals surface area contributed by atoms with E-state index in [2.05, 4.69) is 18.4 Å². The van der Waals surface area contributed by atoms with Crippen LogP contribution in [0.5, 0.6) is 0 Å². The number of hydrogen-bond donors (Lipinski definition) is 1. The highest BCUT2D eigenvalue weighted by molar-refractivity contribution is 5.92. The van der Waals surface area contributed by atoms with Crippen molar-refractivity contribution in [2.45, 2.75) is 52.0 Å². The molecule has 21 heavy (non-hydrogen) atoms. The van der Waals surface area contributed by atoms with Crippen LogP contribution in [0.4, 0.5) is 0 Å². The molecule has 0 amide bonds. The molecule has 1 heterocycles. The molecule has 1 aromatic carbocycles. The number of imidazole rings is 1. The largest absolute Gasteiger partial charge is 0.478 e. The van der Waals surface area contributed by atoms with E-state index >= 15 is 0 Å². The second kappa shape index (κ2) is 5.51. The third-order valence-electron chi connectivity index (χ3n) is 4.52. The van der Waals surface area contributed by atoms with Gasteiger partial charge in [0.1, 0.15) is 5.82 Å². The lowest BCUT2D eigenvalue weighted by molar-refractivity contribution is 0.0697. The molecule has 4 heteroatoms. The predicted molar refractivity (Wildman–Crippen MR) is 82.7 cm³/mol. The number of carboxylic acids is 1. The van der Waals surface area contributed by atoms with Crippen molar-refractivity contribution in [3.63, 3.8) is 0 Å². The number of aromatic carboxylic acids is 1. The Labute approximate surface area is 124 Å². The molecule has 2 aromatic rings. The Morgan fingerprint density at radius 1 is 1.43 bits per heavy atom. The fourth-order valence-corrected chi connectivity index (χ4v) is 3.49. The van der Waals surface area contributed by atoms with E-state index < -0.39 is 5.97 Å². The van der Waals surface area contributed by atoms with Crippen LogP contribution in [0.2, 0.25) is 0 Å². The Morgan fingerprint density at radius 2 is 2.24 bits per heavy atom. The number of aromatic nitrogens is 2. The SMILES string of the molecule is CCCc1nc2ccc(C(=O)O)cc2n1C1CCC(C)C1. The summed E-state index contributed by atoms with van der Waals surface area (Å²) in [7, 11) is 0. The van der Waals surface area contributed by atoms with E-state index in [1.54, 1.807) is 12.1 Å². The summed E-state index contributed by atoms with van der Waals surface area (Å²) in [6, 6.07) is 5.74. The number of carboxylic acid groups (broad SMARTS) is 1. The van der Waals surface area contributed by atoms with Crippen molar-refractivity contribution in [3.8, 4) is 0 Å². The van der Waals surface area contributed by atoms with Crippen molar-refractivity contribution in [1.82, 2.24) is 9.55 Å². The fraction of sp³-hybridized carbons (Fsp3) is 0.529. The number of benzene rings is 1. The van der Waals surface area contributed by atoms with Gasteiger partial charge in [-0.1, -0.05) is 13.8 Å². The van der Waals surface area contributed by atoms with Gasteiger partial charge in [-0.15, -0.1) is 0 Å². The quantitative estimate of drug-likeness (QED) is 0.922. The molecule has 0 bridgehead atoms. The van der Waals surface area contributed by atoms with Gasteiger partial charge in [-0.05, 0) is 49.8 Å². The zero-order valence-corrected chi connectivity index (χ0v) is 12.7. The number of aryl methyl sites for hydroxylation is 1. The molecule has 1 aliphatic rings. The summed E-state index contributed by atoms with van der Waals surface area (Å²) in [6.07, 6.45) is 5.58. The van der Waals surface area contributed by atoms with Crippen molar-refractivity contribution in [2.75, 3.05) is 0 Å². The topological polar surface area (TPSA) is 55.1 Å². The molecule has 1 N–H and O–H groups in total. The highest BCUT2D eigenvalue weighted by Gasteiger charge is 2.26. The van der Waals surface area contributed by atoms with Gasteiger partial charge in [0, 0.05) is 12.5 Å². The number of fused-ring (bicyclic) bond motifs is 1. The molecule has 0 saturated heterocycles. The van der Waals surface area contributed by atoms with Crippen LogP contribution in [-0.4, -0.2) is 20.6 Å². The van der Waals surface area contributed by atoms with Crippen LogP contribution in [-0.2, 0) is 6.42 Å². The molecule has 2 atom stereocenters. The first-order chi connectivity index (χ1) is 10.1. The fourth-order valence-electron chi connectivity index (χ4n) is 3.49. The maximum atomic E-state index is 11.2. The zero-order valence-electron chi connectivity index (χ0n) is 12.7. The second-order valence-electron chi connectivity index (χ2n) is 6.23. The van der Waals surface area contributed by atoms with Crippen LogP contribution >= 0.6 is 0 Å². The highest BCUT2D eigenvalue weighted by Crippen LogP contribution is 2.37. The summed E-state index contributed by atoms with van der Waals surface area (Å²) in [6.45, 7) is 4.45. The van der Waals surface area contributed by atoms with Crippen LogP contribution in [0, 0.1) is 5.92 Å². The van der Waals surface area contributed by atoms with Crippen molar-refractivity contribution in [3.05, 3.63) is 29.6 Å². The molecule has 1 aliphatic carbocycles. The Kier molecular flexibility index (Phi) is 3.70. The van der Waals surface area contributed by atoms with E-state index in [1.807, 2.05) is 6.07 Å². The summed E-state index contributed by atoms with van der Waals surface area (Å²) < 4.78 is 2.31. The minimum absolute atomic E-state index is 0.345. The average molecular weight is 286 g/mol. The van der Waals surface area contributed by atoms with E-state index in [9.17, 15) is 9.90 Å². The van der Waals surface area contributed by atoms with E-state index in [0.29, 0.717) is 11.6 Å². The van der Waals surface area contributed by atoms with Crippen LogP contribution < -0.4 is 0 Å². The minimum atomic E-state index is -0.874. The van der Waals surface area contributed by atoms with Crippen molar-refractivity contribution in [1.29, 1.82) is 0 Å². The highest BCUT2D eigenvalue weighted by atomic mass is 16.4. The first kappa shape index (κ1) is 14.1. The average Bonchev–Trinajstić information content (AvgIpc) is 3.01. The smallest absolute Gasteiger partial charge is 0.335 e. The standard InChI is InChI=1S/C17H22N2O2/c1-3-4-16-18-14-8-6-12(17(20)21)10-15(14)19(16)13-7-5-11(2)9-13/h6,8,10-11,13H,3-5,7,9H2,1-2H3,(H,20,21). The second-order valence-corrected chi connectivity index (χ2v) is 6.23. The zero-order chi connectivity index (χ0) is 15.0. The van der Waals surface area contributed by atoms with Gasteiger partial charge in [0.2, 0.25) is 0 Å². The lowest BCUT2D eigenvalue weighted by Crippen LogP contribution is -2.10. The molecule has 1 saturated carbocycles. The monoisotopic (exact) mass is 286 g/mol. The normalized spacial score (nSPS) is 22.0. The van der Waals surface area contributed by atoms with Gasteiger partial charge >= 0.3 is 5.97 Å². The molecule has 1 fully saturated rings. The summed E-state index contributed by atoms with van der Waals surface area (Å²) in [5, 5.41) is 9.22. The summed E-state index contributed by atoms with van der Waals surface area (Å²) >= 11 is 0. The Hall–Kier alpha value is -1.84. The summed E-state index contributed by atoms with van der Waals surface area (Å²) in [5.41, 5.74) is 2.25. The molecule has 1 aromatic heterocycles. The third kappa shape index (κ3) is 2.55. The predicted octanol–water partition coefficient (Wildman–Crippen LogP) is 4.05. The van der Waals surface area contributed by atoms with Crippen LogP contribution in [0.25, 0.3) is 11.0 Å². The number of rotatable bonds is 4. The van der Waals surface area contributed by atoms with E-state index in [1.165, 1.54) is 19.3 Å². The van der Waals surface area contributed by atoms with Crippen molar-refractivity contribution < 1.29 is 9.90 Å². The lowest BCUT2D eigenvalue weighted by atomic mass is 10.1. The molecular weight excluding hydrogens is 264 g/mol. The Balaban J connectivity index is 2.14. The Morgan fingerprint density at radius 3 is 2.86 bits per heavy atom. The summed E-state index contributed by atoms with van der Waals surface area (Å²) in [5.74, 6) is 0.972. The van der Waals surface area contributed by atoms with E-state index in [0.717, 1.165) is 35.6 Å².